The third-order valence-electron chi connectivity index (χ3n) is 4.44. The molecule has 144 valence electrons. The van der Waals surface area contributed by atoms with Crippen LogP contribution in [0.4, 0.5) is 0 Å². The van der Waals surface area contributed by atoms with Crippen LogP contribution in [0.3, 0.4) is 0 Å². The summed E-state index contributed by atoms with van der Waals surface area (Å²) in [6.45, 7) is 0.233. The standard InChI is InChI=1S/C20H20N4O3S/c1-24-16-5-3-2-4-14(16)17(18(25)20(24)27)19(26)23-10-12-6-8-13(9-7-12)15(21)11-28-22/h2-9,11,25H,10,21-22H2,1H3,(H,23,26)/b15-11-. The molecule has 3 aromatic rings. The first-order valence-corrected chi connectivity index (χ1v) is 9.37. The molecule has 0 spiro atoms. The van der Waals surface area contributed by atoms with Gasteiger partial charge in [-0.1, -0.05) is 54.4 Å². The average Bonchev–Trinajstić information content (AvgIpc) is 2.71. The number of rotatable bonds is 5. The first-order valence-electron chi connectivity index (χ1n) is 8.43. The molecule has 0 atom stereocenters. The van der Waals surface area contributed by atoms with Crippen molar-refractivity contribution in [3.8, 4) is 5.75 Å². The van der Waals surface area contributed by atoms with E-state index >= 15 is 0 Å². The van der Waals surface area contributed by atoms with Crippen molar-refractivity contribution >= 4 is 34.5 Å². The van der Waals surface area contributed by atoms with E-state index in [9.17, 15) is 14.7 Å². The van der Waals surface area contributed by atoms with Gasteiger partial charge in [-0.15, -0.1) is 0 Å². The smallest absolute Gasteiger partial charge is 0.293 e. The molecule has 1 aromatic heterocycles. The lowest BCUT2D eigenvalue weighted by molar-refractivity contribution is 0.0949. The summed E-state index contributed by atoms with van der Waals surface area (Å²) in [4.78, 5) is 25.0. The molecular weight excluding hydrogens is 376 g/mol. The van der Waals surface area contributed by atoms with Crippen LogP contribution in [0.2, 0.25) is 0 Å². The first kappa shape index (κ1) is 19.5. The summed E-state index contributed by atoms with van der Waals surface area (Å²) in [6, 6.07) is 14.3. The Hall–Kier alpha value is -3.23. The van der Waals surface area contributed by atoms with Crippen LogP contribution in [0.25, 0.3) is 16.6 Å². The summed E-state index contributed by atoms with van der Waals surface area (Å²) >= 11 is 1.03. The van der Waals surface area contributed by atoms with Crippen molar-refractivity contribution in [2.45, 2.75) is 6.54 Å². The third kappa shape index (κ3) is 3.73. The number of aromatic hydroxyl groups is 1. The van der Waals surface area contributed by atoms with E-state index in [0.29, 0.717) is 16.6 Å². The Kier molecular flexibility index (Phi) is 5.72. The molecule has 0 bridgehead atoms. The topological polar surface area (TPSA) is 123 Å². The Labute approximate surface area is 165 Å². The number of carbonyl (C=O) groups is 1. The van der Waals surface area contributed by atoms with Crippen molar-refractivity contribution in [1.82, 2.24) is 9.88 Å². The highest BCUT2D eigenvalue weighted by molar-refractivity contribution is 8.00. The monoisotopic (exact) mass is 396 g/mol. The predicted molar refractivity (Wildman–Crippen MR) is 112 cm³/mol. The van der Waals surface area contributed by atoms with Crippen LogP contribution in [-0.4, -0.2) is 15.6 Å². The molecule has 0 aliphatic carbocycles. The fraction of sp³-hybridized carbons (Fsp3) is 0.100. The Balaban J connectivity index is 1.85. The zero-order chi connectivity index (χ0) is 20.3. The number of aryl methyl sites for hydroxylation is 1. The van der Waals surface area contributed by atoms with Crippen LogP contribution in [0.5, 0.6) is 5.75 Å². The molecule has 0 unspecified atom stereocenters. The Morgan fingerprint density at radius 3 is 2.57 bits per heavy atom. The van der Waals surface area contributed by atoms with Gasteiger partial charge in [-0.25, -0.2) is 0 Å². The highest BCUT2D eigenvalue weighted by Crippen LogP contribution is 2.23. The van der Waals surface area contributed by atoms with Crippen molar-refractivity contribution in [1.29, 1.82) is 0 Å². The molecule has 28 heavy (non-hydrogen) atoms. The minimum Gasteiger partial charge on any atom is -0.502 e. The molecule has 1 heterocycles. The quantitative estimate of drug-likeness (QED) is 0.489. The highest BCUT2D eigenvalue weighted by atomic mass is 32.2. The van der Waals surface area contributed by atoms with Gasteiger partial charge in [-0.2, -0.15) is 0 Å². The molecule has 0 aliphatic rings. The number of nitrogens with zero attached hydrogens (tertiary/aromatic N) is 1. The normalized spacial score (nSPS) is 11.6. The Morgan fingerprint density at radius 1 is 1.21 bits per heavy atom. The van der Waals surface area contributed by atoms with Gasteiger partial charge >= 0.3 is 0 Å². The predicted octanol–water partition coefficient (Wildman–Crippen LogP) is 2.04. The molecule has 0 fully saturated rings. The fourth-order valence-electron chi connectivity index (χ4n) is 2.94. The van der Waals surface area contributed by atoms with E-state index in [2.05, 4.69) is 5.32 Å². The summed E-state index contributed by atoms with van der Waals surface area (Å²) in [5, 5.41) is 20.5. The molecule has 3 rings (SSSR count). The van der Waals surface area contributed by atoms with Crippen molar-refractivity contribution < 1.29 is 9.90 Å². The Bertz CT molecular complexity index is 1120. The summed E-state index contributed by atoms with van der Waals surface area (Å²) < 4.78 is 1.32. The number of benzene rings is 2. The zero-order valence-corrected chi connectivity index (χ0v) is 16.0. The van der Waals surface area contributed by atoms with Gasteiger partial charge in [0.1, 0.15) is 0 Å². The molecule has 1 amide bonds. The van der Waals surface area contributed by atoms with Gasteiger partial charge in [0.15, 0.2) is 5.75 Å². The van der Waals surface area contributed by atoms with Gasteiger partial charge in [-0.05, 0) is 17.2 Å². The van der Waals surface area contributed by atoms with Gasteiger partial charge in [-0.3, -0.25) is 14.7 Å². The van der Waals surface area contributed by atoms with Gasteiger partial charge in [0.2, 0.25) is 0 Å². The van der Waals surface area contributed by atoms with E-state index in [4.69, 9.17) is 10.9 Å². The SMILES string of the molecule is Cn1c(=O)c(O)c(C(=O)NCc2ccc(/C(N)=C/SN)cc2)c2ccccc21. The minimum absolute atomic E-state index is 0.0255. The van der Waals surface area contributed by atoms with E-state index in [1.807, 2.05) is 24.3 Å². The van der Waals surface area contributed by atoms with Gasteiger partial charge in [0.25, 0.3) is 11.5 Å². The average molecular weight is 396 g/mol. The third-order valence-corrected chi connectivity index (χ3v) is 4.83. The number of hydrogen-bond donors (Lipinski definition) is 4. The summed E-state index contributed by atoms with van der Waals surface area (Å²) in [5.74, 6) is -1.08. The first-order chi connectivity index (χ1) is 13.4. The lowest BCUT2D eigenvalue weighted by Gasteiger charge is -2.12. The van der Waals surface area contributed by atoms with Gasteiger partial charge in [0, 0.05) is 30.1 Å². The number of nitrogens with one attached hydrogen (secondary N) is 1. The van der Waals surface area contributed by atoms with E-state index in [1.54, 1.807) is 36.7 Å². The molecular formula is C20H20N4O3S. The Morgan fingerprint density at radius 2 is 1.89 bits per heavy atom. The largest absolute Gasteiger partial charge is 0.502 e. The molecule has 7 nitrogen and oxygen atoms in total. The zero-order valence-electron chi connectivity index (χ0n) is 15.2. The second kappa shape index (κ2) is 8.20. The molecule has 8 heteroatoms. The maximum absolute atomic E-state index is 12.7. The number of fused-ring (bicyclic) bond motifs is 1. The molecule has 0 aliphatic heterocycles. The van der Waals surface area contributed by atoms with Crippen molar-refractivity contribution in [3.05, 3.63) is 81.0 Å². The molecule has 0 radical (unpaired) electrons. The van der Waals surface area contributed by atoms with Gasteiger partial charge < -0.3 is 20.7 Å². The fourth-order valence-corrected chi connectivity index (χ4v) is 3.22. The van der Waals surface area contributed by atoms with E-state index < -0.39 is 17.2 Å². The van der Waals surface area contributed by atoms with Crippen LogP contribution < -0.4 is 21.7 Å². The van der Waals surface area contributed by atoms with E-state index in [-0.39, 0.29) is 12.1 Å². The number of amides is 1. The number of aromatic nitrogens is 1. The van der Waals surface area contributed by atoms with Crippen molar-refractivity contribution in [2.24, 2.45) is 17.9 Å². The van der Waals surface area contributed by atoms with Crippen molar-refractivity contribution in [3.63, 3.8) is 0 Å². The maximum Gasteiger partial charge on any atom is 0.293 e. The lowest BCUT2D eigenvalue weighted by atomic mass is 10.1. The van der Waals surface area contributed by atoms with E-state index in [1.165, 1.54) is 4.57 Å². The second-order valence-electron chi connectivity index (χ2n) is 6.19. The van der Waals surface area contributed by atoms with E-state index in [0.717, 1.165) is 23.1 Å². The summed E-state index contributed by atoms with van der Waals surface area (Å²) in [7, 11) is 1.55. The second-order valence-corrected chi connectivity index (χ2v) is 6.70. The molecule has 0 saturated carbocycles. The highest BCUT2D eigenvalue weighted by Gasteiger charge is 2.20. The number of carbonyl (C=O) groups excluding carboxylic acids is 1. The van der Waals surface area contributed by atoms with Crippen LogP contribution in [-0.2, 0) is 13.6 Å². The minimum atomic E-state index is -0.617. The molecule has 2 aromatic carbocycles. The number of para-hydroxylation sites is 1. The van der Waals surface area contributed by atoms with Crippen LogP contribution in [0.15, 0.2) is 58.7 Å². The van der Waals surface area contributed by atoms with Gasteiger partial charge in [0.05, 0.1) is 11.1 Å². The summed E-state index contributed by atoms with van der Waals surface area (Å²) in [6.07, 6.45) is 0. The lowest BCUT2D eigenvalue weighted by Crippen LogP contribution is -2.27. The van der Waals surface area contributed by atoms with Crippen LogP contribution in [0.1, 0.15) is 21.5 Å². The number of pyridine rings is 1. The molecule has 6 N–H and O–H groups in total. The summed E-state index contributed by atoms with van der Waals surface area (Å²) in [5.41, 5.74) is 8.03. The van der Waals surface area contributed by atoms with Crippen LogP contribution >= 0.6 is 11.9 Å². The number of nitrogens with two attached hydrogens (primary N) is 2. The van der Waals surface area contributed by atoms with Crippen LogP contribution in [0, 0.1) is 0 Å². The molecule has 0 saturated heterocycles. The number of hydrogen-bond acceptors (Lipinski definition) is 6. The van der Waals surface area contributed by atoms with Crippen molar-refractivity contribution in [2.75, 3.05) is 0 Å². The maximum atomic E-state index is 12.7.